The number of carbonyl (C=O) groups excluding carboxylic acids is 1. The third-order valence-corrected chi connectivity index (χ3v) is 9.83. The number of rotatable bonds is 9. The Morgan fingerprint density at radius 3 is 2.31 bits per heavy atom. The van der Waals surface area contributed by atoms with Crippen molar-refractivity contribution in [1.82, 2.24) is 25.2 Å². The van der Waals surface area contributed by atoms with Crippen molar-refractivity contribution < 1.29 is 13.6 Å². The molecule has 9 heteroatoms. The number of hydrogen-bond acceptors (Lipinski definition) is 6. The fourth-order valence-corrected chi connectivity index (χ4v) is 8.07. The smallest absolute Gasteiger partial charge is 0.337 e. The van der Waals surface area contributed by atoms with Gasteiger partial charge in [0.15, 0.2) is 0 Å². The average molecular weight is 500 g/mol. The van der Waals surface area contributed by atoms with Crippen LogP contribution >= 0.6 is 0 Å². The maximum absolute atomic E-state index is 13.2. The Labute approximate surface area is 210 Å². The van der Waals surface area contributed by atoms with Crippen LogP contribution in [0.4, 0.5) is 0 Å². The Morgan fingerprint density at radius 2 is 1.71 bits per heavy atom. The van der Waals surface area contributed by atoms with Crippen molar-refractivity contribution in [3.63, 3.8) is 0 Å². The zero-order valence-corrected chi connectivity index (χ0v) is 23.2. The largest absolute Gasteiger partial charge is 0.388 e. The minimum atomic E-state index is -2.29. The van der Waals surface area contributed by atoms with E-state index in [-0.39, 0.29) is 24.2 Å². The number of aryl methyl sites for hydroxylation is 1. The second kappa shape index (κ2) is 10.1. The van der Waals surface area contributed by atoms with Gasteiger partial charge in [-0.25, -0.2) is 0 Å². The van der Waals surface area contributed by atoms with E-state index in [0.717, 1.165) is 17.3 Å². The van der Waals surface area contributed by atoms with Gasteiger partial charge in [0, 0.05) is 12.6 Å². The second-order valence-corrected chi connectivity index (χ2v) is 14.6. The molecule has 8 nitrogen and oxygen atoms in total. The first kappa shape index (κ1) is 26.0. The van der Waals surface area contributed by atoms with Crippen LogP contribution in [0.1, 0.15) is 52.8 Å². The molecule has 0 saturated carbocycles. The van der Waals surface area contributed by atoms with Gasteiger partial charge in [-0.3, -0.25) is 14.8 Å². The van der Waals surface area contributed by atoms with Gasteiger partial charge < -0.3 is 13.8 Å². The molecule has 1 aromatic carbocycles. The lowest BCUT2D eigenvalue weighted by molar-refractivity contribution is -0.132. The van der Waals surface area contributed by atoms with E-state index < -0.39 is 14.2 Å². The van der Waals surface area contributed by atoms with Crippen molar-refractivity contribution in [2.75, 3.05) is 0 Å². The molecule has 3 atom stereocenters. The first-order chi connectivity index (χ1) is 16.5. The average Bonchev–Trinajstić information content (AvgIpc) is 3.45. The number of amides is 1. The fraction of sp³-hybridized carbons (Fsp3) is 0.654. The van der Waals surface area contributed by atoms with E-state index >= 15 is 0 Å². The van der Waals surface area contributed by atoms with Crippen molar-refractivity contribution in [2.24, 2.45) is 11.8 Å². The minimum absolute atomic E-state index is 0.0977. The summed E-state index contributed by atoms with van der Waals surface area (Å²) in [5.74, 6) is 0.950. The molecule has 4 rings (SSSR count). The Kier molecular flexibility index (Phi) is 7.52. The number of hydrogen-bond donors (Lipinski definition) is 1. The summed E-state index contributed by atoms with van der Waals surface area (Å²) in [7, 11) is -2.29. The molecule has 0 aliphatic carbocycles. The van der Waals surface area contributed by atoms with E-state index in [1.807, 2.05) is 47.8 Å². The minimum Gasteiger partial charge on any atom is -0.388 e. The van der Waals surface area contributed by atoms with E-state index in [1.54, 1.807) is 0 Å². The van der Waals surface area contributed by atoms with Gasteiger partial charge in [-0.2, -0.15) is 0 Å². The van der Waals surface area contributed by atoms with Crippen molar-refractivity contribution >= 4 is 14.5 Å². The molecule has 1 N–H and O–H groups in total. The van der Waals surface area contributed by atoms with Crippen molar-refractivity contribution in [3.05, 3.63) is 47.8 Å². The molecule has 2 fully saturated rings. The van der Waals surface area contributed by atoms with Gasteiger partial charge in [0.25, 0.3) is 0 Å². The molecule has 1 aromatic heterocycles. The first-order valence-corrected chi connectivity index (χ1v) is 15.4. The van der Waals surface area contributed by atoms with Gasteiger partial charge in [-0.1, -0.05) is 63.2 Å². The lowest BCUT2D eigenvalue weighted by Crippen LogP contribution is -2.47. The molecule has 2 aliphatic rings. The molecular formula is C26H41N5O3Si. The molecule has 1 amide bonds. The summed E-state index contributed by atoms with van der Waals surface area (Å²) in [6, 6.07) is 10.7. The number of nitrogens with one attached hydrogen (secondary N) is 1. The van der Waals surface area contributed by atoms with Crippen LogP contribution in [0.3, 0.4) is 0 Å². The molecule has 2 aromatic rings. The Hall–Kier alpha value is -2.07. The van der Waals surface area contributed by atoms with Crippen LogP contribution in [0, 0.1) is 11.8 Å². The lowest BCUT2D eigenvalue weighted by atomic mass is 9.94. The van der Waals surface area contributed by atoms with Crippen LogP contribution in [-0.4, -0.2) is 58.3 Å². The van der Waals surface area contributed by atoms with Crippen LogP contribution in [0.25, 0.3) is 0 Å². The second-order valence-electron chi connectivity index (χ2n) is 11.4. The van der Waals surface area contributed by atoms with Gasteiger partial charge in [0.2, 0.25) is 5.91 Å². The highest BCUT2D eigenvalue weighted by atomic mass is 28.4. The predicted octanol–water partition coefficient (Wildman–Crippen LogP) is 3.73. The highest BCUT2D eigenvalue weighted by molar-refractivity contribution is 6.66. The molecule has 0 bridgehead atoms. The monoisotopic (exact) mass is 499 g/mol. The number of aromatic nitrogens is 3. The van der Waals surface area contributed by atoms with E-state index in [9.17, 15) is 4.79 Å². The molecule has 0 spiro atoms. The molecular weight excluding hydrogens is 458 g/mol. The van der Waals surface area contributed by atoms with Crippen molar-refractivity contribution in [2.45, 2.75) is 97.6 Å². The summed E-state index contributed by atoms with van der Waals surface area (Å²) in [6.07, 6.45) is 2.92. The predicted molar refractivity (Wildman–Crippen MR) is 138 cm³/mol. The molecule has 35 heavy (non-hydrogen) atoms. The summed E-state index contributed by atoms with van der Waals surface area (Å²) < 4.78 is 14.9. The summed E-state index contributed by atoms with van der Waals surface area (Å²) in [5.41, 5.74) is 1.48. The highest BCUT2D eigenvalue weighted by Crippen LogP contribution is 2.35. The third kappa shape index (κ3) is 5.85. The van der Waals surface area contributed by atoms with E-state index in [0.29, 0.717) is 31.3 Å². The summed E-state index contributed by atoms with van der Waals surface area (Å²) >= 11 is 0. The Bertz CT molecular complexity index is 993. The highest BCUT2D eigenvalue weighted by Gasteiger charge is 2.49. The van der Waals surface area contributed by atoms with Gasteiger partial charge in [-0.05, 0) is 44.2 Å². The number of benzene rings is 1. The normalized spacial score (nSPS) is 28.5. The third-order valence-electron chi connectivity index (χ3n) is 7.16. The standard InChI is InChI=1S/C26H41N5O3Si/c1-18(2)23-24(19(3)4)34-35(7,33-23)14-13-30-16-21(28-29-30)17-31-25(32)22(27-26(31,5)6)15-20-11-9-8-10-12-20/h8-12,16,18-19,22-24,27H,13-15,17H2,1-7H3/t22-,23?,24?,35?/m0/s1. The number of carbonyl (C=O) groups is 1. The molecule has 192 valence electrons. The van der Waals surface area contributed by atoms with Gasteiger partial charge in [0.05, 0.1) is 36.7 Å². The topological polar surface area (TPSA) is 81.5 Å². The molecule has 0 radical (unpaired) electrons. The van der Waals surface area contributed by atoms with Gasteiger partial charge in [0.1, 0.15) is 5.69 Å². The van der Waals surface area contributed by atoms with Crippen LogP contribution in [-0.2, 0) is 33.2 Å². The SMILES string of the molecule is CC(C)C1O[Si](C)(CCn2cc(CN3C(=O)[C@H](Cc4ccccc4)NC3(C)C)nn2)OC1C(C)C. The van der Waals surface area contributed by atoms with Crippen LogP contribution in [0.5, 0.6) is 0 Å². The Balaban J connectivity index is 1.36. The van der Waals surface area contributed by atoms with Crippen LogP contribution in [0.2, 0.25) is 12.6 Å². The van der Waals surface area contributed by atoms with E-state index in [1.165, 1.54) is 0 Å². The first-order valence-electron chi connectivity index (χ1n) is 12.9. The molecule has 3 heterocycles. The quantitative estimate of drug-likeness (QED) is 0.530. The van der Waals surface area contributed by atoms with Gasteiger partial charge in [-0.15, -0.1) is 5.10 Å². The fourth-order valence-electron chi connectivity index (χ4n) is 5.18. The zero-order chi connectivity index (χ0) is 25.4. The summed E-state index contributed by atoms with van der Waals surface area (Å²) in [4.78, 5) is 15.1. The van der Waals surface area contributed by atoms with Crippen molar-refractivity contribution in [1.29, 1.82) is 0 Å². The molecule has 2 unspecified atom stereocenters. The maximum atomic E-state index is 13.2. The van der Waals surface area contributed by atoms with E-state index in [4.69, 9.17) is 8.85 Å². The van der Waals surface area contributed by atoms with Crippen molar-refractivity contribution in [3.8, 4) is 0 Å². The summed E-state index contributed by atoms with van der Waals surface area (Å²) in [5, 5.41) is 12.2. The van der Waals surface area contributed by atoms with Crippen LogP contribution in [0.15, 0.2) is 36.5 Å². The van der Waals surface area contributed by atoms with E-state index in [2.05, 4.69) is 62.0 Å². The zero-order valence-electron chi connectivity index (χ0n) is 22.2. The maximum Gasteiger partial charge on any atom is 0.337 e. The number of nitrogens with zero attached hydrogens (tertiary/aromatic N) is 4. The Morgan fingerprint density at radius 1 is 1.09 bits per heavy atom. The molecule has 2 saturated heterocycles. The molecule has 2 aliphatic heterocycles. The van der Waals surface area contributed by atoms with Gasteiger partial charge >= 0.3 is 8.56 Å². The summed E-state index contributed by atoms with van der Waals surface area (Å²) in [6.45, 7) is 16.2. The lowest BCUT2D eigenvalue weighted by Gasteiger charge is -2.30. The van der Waals surface area contributed by atoms with Crippen LogP contribution < -0.4 is 5.32 Å².